The van der Waals surface area contributed by atoms with Gasteiger partial charge >= 0.3 is 18.2 Å². The second-order valence-corrected chi connectivity index (χ2v) is 9.80. The van der Waals surface area contributed by atoms with Crippen molar-refractivity contribution in [3.05, 3.63) is 24.0 Å². The molecule has 2 aliphatic rings. The van der Waals surface area contributed by atoms with Gasteiger partial charge < -0.3 is 25.2 Å². The number of nitrogens with two attached hydrogens (primary N) is 1. The van der Waals surface area contributed by atoms with E-state index in [1.54, 1.807) is 11.0 Å². The minimum Gasteiger partial charge on any atom is -0.481 e. The van der Waals surface area contributed by atoms with Gasteiger partial charge in [0.25, 0.3) is 0 Å². The topological polar surface area (TPSA) is 122 Å². The average molecular weight is 454 g/mol. The lowest BCUT2D eigenvalue weighted by molar-refractivity contribution is -0.139. The number of rotatable bonds is 6. The first-order valence-corrected chi connectivity index (χ1v) is 11.0. The van der Waals surface area contributed by atoms with Gasteiger partial charge in [0.05, 0.1) is 6.42 Å². The lowest BCUT2D eigenvalue weighted by Crippen LogP contribution is -2.50. The Bertz CT molecular complexity index is 701. The Morgan fingerprint density at radius 1 is 1.06 bits per heavy atom. The molecular formula is C23H39N3O6. The summed E-state index contributed by atoms with van der Waals surface area (Å²) < 4.78 is 9.98. The molecule has 1 aliphatic carbocycles. The Morgan fingerprint density at radius 2 is 1.69 bits per heavy atom. The molecule has 0 spiro atoms. The highest BCUT2D eigenvalue weighted by Crippen LogP contribution is 2.25. The van der Waals surface area contributed by atoms with Gasteiger partial charge in [0, 0.05) is 26.2 Å². The maximum Gasteiger partial charge on any atom is 0.410 e. The summed E-state index contributed by atoms with van der Waals surface area (Å²) in [6.07, 6.45) is 7.47. The Kier molecular flexibility index (Phi) is 10.7. The fraction of sp³-hybridized carbons (Fsp3) is 0.696. The molecule has 0 bridgehead atoms. The maximum absolute atomic E-state index is 12.0. The Labute approximate surface area is 191 Å². The highest BCUT2D eigenvalue weighted by molar-refractivity contribution is 5.68. The minimum atomic E-state index is -0.752. The third kappa shape index (κ3) is 12.3. The molecule has 32 heavy (non-hydrogen) atoms. The lowest BCUT2D eigenvalue weighted by atomic mass is 9.85. The van der Waals surface area contributed by atoms with Crippen LogP contribution in [0.5, 0.6) is 0 Å². The molecule has 3 N–H and O–H groups in total. The van der Waals surface area contributed by atoms with Gasteiger partial charge in [0.15, 0.2) is 0 Å². The van der Waals surface area contributed by atoms with Gasteiger partial charge in [-0.2, -0.15) is 0 Å². The van der Waals surface area contributed by atoms with Crippen molar-refractivity contribution < 1.29 is 29.0 Å². The molecule has 1 saturated heterocycles. The summed E-state index contributed by atoms with van der Waals surface area (Å²) in [7, 11) is 0. The van der Waals surface area contributed by atoms with Crippen molar-refractivity contribution in [2.45, 2.75) is 65.9 Å². The van der Waals surface area contributed by atoms with Crippen LogP contribution in [0, 0.1) is 5.41 Å². The van der Waals surface area contributed by atoms with Crippen LogP contribution in [-0.4, -0.2) is 71.4 Å². The normalized spacial score (nSPS) is 17.0. The number of amides is 2. The Hall–Kier alpha value is -2.55. The first-order chi connectivity index (χ1) is 14.8. The van der Waals surface area contributed by atoms with E-state index in [0.717, 1.165) is 38.9 Å². The number of hydrogen-bond donors (Lipinski definition) is 2. The summed E-state index contributed by atoms with van der Waals surface area (Å²) in [6.45, 7) is 13.4. The van der Waals surface area contributed by atoms with Crippen molar-refractivity contribution in [2.24, 2.45) is 11.1 Å². The molecule has 182 valence electrons. The lowest BCUT2D eigenvalue weighted by Gasteiger charge is -2.36. The molecule has 0 aromatic rings. The van der Waals surface area contributed by atoms with E-state index in [2.05, 4.69) is 9.64 Å². The number of primary amides is 1. The third-order valence-electron chi connectivity index (χ3n) is 4.94. The molecule has 9 nitrogen and oxygen atoms in total. The van der Waals surface area contributed by atoms with Crippen molar-refractivity contribution >= 4 is 18.2 Å². The van der Waals surface area contributed by atoms with Crippen LogP contribution in [0.1, 0.15) is 60.3 Å². The van der Waals surface area contributed by atoms with Gasteiger partial charge in [-0.15, -0.1) is 0 Å². The predicted octanol–water partition coefficient (Wildman–Crippen LogP) is 3.75. The fourth-order valence-corrected chi connectivity index (χ4v) is 3.22. The number of carboxylic acid groups (broad SMARTS) is 1. The first kappa shape index (κ1) is 27.5. The molecule has 1 heterocycles. The van der Waals surface area contributed by atoms with Crippen LogP contribution in [0.4, 0.5) is 9.59 Å². The van der Waals surface area contributed by atoms with Crippen LogP contribution in [-0.2, 0) is 14.3 Å². The van der Waals surface area contributed by atoms with Crippen LogP contribution in [0.3, 0.4) is 0 Å². The number of ether oxygens (including phenoxy) is 2. The van der Waals surface area contributed by atoms with E-state index in [1.165, 1.54) is 0 Å². The number of carbonyl (C=O) groups excluding carboxylic acids is 2. The fourth-order valence-electron chi connectivity index (χ4n) is 3.22. The minimum absolute atomic E-state index is 0.185. The molecule has 2 amide bonds. The van der Waals surface area contributed by atoms with E-state index in [1.807, 2.05) is 46.8 Å². The maximum atomic E-state index is 12.0. The highest BCUT2D eigenvalue weighted by Gasteiger charge is 2.27. The molecular weight excluding hydrogens is 414 g/mol. The zero-order valence-corrected chi connectivity index (χ0v) is 20.1. The number of piperazine rings is 1. The van der Waals surface area contributed by atoms with Crippen LogP contribution in [0.25, 0.3) is 0 Å². The molecule has 0 unspecified atom stereocenters. The van der Waals surface area contributed by atoms with E-state index in [4.69, 9.17) is 15.6 Å². The first-order valence-electron chi connectivity index (χ1n) is 11.0. The number of aliphatic carboxylic acids is 1. The van der Waals surface area contributed by atoms with E-state index in [-0.39, 0.29) is 17.9 Å². The molecule has 0 aromatic heterocycles. The quantitative estimate of drug-likeness (QED) is 0.628. The summed E-state index contributed by atoms with van der Waals surface area (Å²) in [4.78, 5) is 37.0. The predicted molar refractivity (Wildman–Crippen MR) is 122 cm³/mol. The van der Waals surface area contributed by atoms with Gasteiger partial charge in [0.2, 0.25) is 0 Å². The van der Waals surface area contributed by atoms with Gasteiger partial charge in [-0.05, 0) is 64.1 Å². The standard InChI is InChI=1S/C16H30N2O4.C7H9NO2/c1-15(2,3)22-14(21)18-10-8-17(9-11-18)7-6-16(4,5)12-13(19)20;8-7(9)10-6-4-2-1-3-5-6/h6-12H2,1-5H3,(H,19,20);2,4-5H,1,3H2,(H2,8,9). The molecule has 0 radical (unpaired) electrons. The van der Waals surface area contributed by atoms with Crippen molar-refractivity contribution in [3.8, 4) is 0 Å². The summed E-state index contributed by atoms with van der Waals surface area (Å²) in [5.41, 5.74) is 4.12. The number of carboxylic acids is 1. The zero-order chi connectivity index (χ0) is 24.4. The molecule has 0 aromatic carbocycles. The second kappa shape index (κ2) is 12.5. The van der Waals surface area contributed by atoms with Crippen molar-refractivity contribution in [2.75, 3.05) is 32.7 Å². The van der Waals surface area contributed by atoms with Crippen molar-refractivity contribution in [1.82, 2.24) is 9.80 Å². The number of carbonyl (C=O) groups is 3. The van der Waals surface area contributed by atoms with Gasteiger partial charge in [-0.25, -0.2) is 9.59 Å². The molecule has 1 aliphatic heterocycles. The van der Waals surface area contributed by atoms with Crippen molar-refractivity contribution in [1.29, 1.82) is 0 Å². The average Bonchev–Trinajstić information content (AvgIpc) is 2.65. The smallest absolute Gasteiger partial charge is 0.410 e. The van der Waals surface area contributed by atoms with E-state index < -0.39 is 17.7 Å². The van der Waals surface area contributed by atoms with E-state index >= 15 is 0 Å². The van der Waals surface area contributed by atoms with Crippen LogP contribution in [0.2, 0.25) is 0 Å². The summed E-state index contributed by atoms with van der Waals surface area (Å²) in [5.74, 6) is -0.196. The molecule has 0 saturated carbocycles. The molecule has 9 heteroatoms. The van der Waals surface area contributed by atoms with Crippen LogP contribution in [0.15, 0.2) is 24.0 Å². The molecule has 0 atom stereocenters. The number of hydrogen-bond acceptors (Lipinski definition) is 6. The zero-order valence-electron chi connectivity index (χ0n) is 20.1. The third-order valence-corrected chi connectivity index (χ3v) is 4.94. The summed E-state index contributed by atoms with van der Waals surface area (Å²) in [5, 5.41) is 8.90. The number of allylic oxidation sites excluding steroid dienone is 3. The summed E-state index contributed by atoms with van der Waals surface area (Å²) >= 11 is 0. The monoisotopic (exact) mass is 453 g/mol. The van der Waals surface area contributed by atoms with Gasteiger partial charge in [-0.1, -0.05) is 19.9 Å². The van der Waals surface area contributed by atoms with Gasteiger partial charge in [0.1, 0.15) is 11.4 Å². The Morgan fingerprint density at radius 3 is 2.16 bits per heavy atom. The van der Waals surface area contributed by atoms with Crippen LogP contribution >= 0.6 is 0 Å². The van der Waals surface area contributed by atoms with Gasteiger partial charge in [-0.3, -0.25) is 9.69 Å². The van der Waals surface area contributed by atoms with E-state index in [9.17, 15) is 14.4 Å². The SMILES string of the molecule is CC(C)(CCN1CCN(C(=O)OC(C)(C)C)CC1)CC(=O)O.NC(=O)OC1=CCCC=C1. The summed E-state index contributed by atoms with van der Waals surface area (Å²) in [6, 6.07) is 0. The highest BCUT2D eigenvalue weighted by atomic mass is 16.6. The van der Waals surface area contributed by atoms with Crippen LogP contribution < -0.4 is 5.73 Å². The Balaban J connectivity index is 0.000000425. The number of nitrogens with zero attached hydrogens (tertiary/aromatic N) is 2. The van der Waals surface area contributed by atoms with Crippen molar-refractivity contribution in [3.63, 3.8) is 0 Å². The molecule has 2 rings (SSSR count). The molecule has 1 fully saturated rings. The largest absolute Gasteiger partial charge is 0.481 e. The van der Waals surface area contributed by atoms with E-state index in [0.29, 0.717) is 18.8 Å². The second-order valence-electron chi connectivity index (χ2n) is 9.80.